The van der Waals surface area contributed by atoms with Crippen LogP contribution in [0, 0.1) is 11.3 Å². The number of rotatable bonds is 2. The Balaban J connectivity index is 3.28. The van der Waals surface area contributed by atoms with Gasteiger partial charge in [-0.3, -0.25) is 4.98 Å². The molecule has 6 heteroatoms. The van der Waals surface area contributed by atoms with Crippen LogP contribution in [-0.2, 0) is 6.42 Å². The van der Waals surface area contributed by atoms with E-state index in [1.54, 1.807) is 0 Å². The van der Waals surface area contributed by atoms with Gasteiger partial charge >= 0.3 is 0 Å². The Morgan fingerprint density at radius 3 is 2.79 bits per heavy atom. The molecule has 1 aromatic heterocycles. The third kappa shape index (κ3) is 1.99. The van der Waals surface area contributed by atoms with E-state index in [0.29, 0.717) is 0 Å². The number of alkyl halides is 2. The lowest BCUT2D eigenvalue weighted by molar-refractivity contribution is 0.151. The van der Waals surface area contributed by atoms with Gasteiger partial charge in [-0.25, -0.2) is 8.78 Å². The van der Waals surface area contributed by atoms with E-state index in [0.717, 1.165) is 0 Å². The van der Waals surface area contributed by atoms with Gasteiger partial charge in [-0.2, -0.15) is 5.26 Å². The summed E-state index contributed by atoms with van der Waals surface area (Å²) in [6.07, 6.45) is -1.52. The second kappa shape index (κ2) is 4.33. The Hall–Kier alpha value is -1.22. The van der Waals surface area contributed by atoms with E-state index in [9.17, 15) is 8.78 Å². The van der Waals surface area contributed by atoms with Gasteiger partial charge in [0.05, 0.1) is 29.4 Å². The summed E-state index contributed by atoms with van der Waals surface area (Å²) in [4.78, 5) is 3.78. The number of pyridine rings is 1. The summed E-state index contributed by atoms with van der Waals surface area (Å²) >= 11 is 2.93. The zero-order valence-electron chi connectivity index (χ0n) is 6.97. The maximum Gasteiger partial charge on any atom is 0.267 e. The molecule has 0 aliphatic carbocycles. The number of anilines is 1. The molecule has 0 unspecified atom stereocenters. The second-order valence-electron chi connectivity index (χ2n) is 2.52. The molecule has 0 amide bonds. The van der Waals surface area contributed by atoms with Gasteiger partial charge in [0.15, 0.2) is 0 Å². The number of hydrogen-bond donors (Lipinski definition) is 1. The molecule has 0 spiro atoms. The molecule has 0 radical (unpaired) electrons. The fourth-order valence-corrected chi connectivity index (χ4v) is 1.48. The topological polar surface area (TPSA) is 62.7 Å². The Labute approximate surface area is 87.7 Å². The maximum atomic E-state index is 12.5. The highest BCUT2D eigenvalue weighted by Crippen LogP contribution is 2.33. The predicted molar refractivity (Wildman–Crippen MR) is 50.6 cm³/mol. The smallest absolute Gasteiger partial charge is 0.267 e. The van der Waals surface area contributed by atoms with Crippen LogP contribution in [0.4, 0.5) is 14.5 Å². The predicted octanol–water partition coefficient (Wildman–Crippen LogP) is 2.43. The van der Waals surface area contributed by atoms with Crippen LogP contribution in [0.25, 0.3) is 0 Å². The Morgan fingerprint density at radius 2 is 2.29 bits per heavy atom. The molecule has 0 saturated carbocycles. The van der Waals surface area contributed by atoms with Gasteiger partial charge in [0, 0.05) is 10.7 Å². The van der Waals surface area contributed by atoms with E-state index < -0.39 is 6.43 Å². The number of nitrogen functional groups attached to an aromatic ring is 1. The van der Waals surface area contributed by atoms with Crippen LogP contribution in [0.1, 0.15) is 17.7 Å². The summed E-state index contributed by atoms with van der Waals surface area (Å²) in [6, 6.07) is 1.81. The molecular formula is C8H6BrF2N3. The molecular weight excluding hydrogens is 256 g/mol. The monoisotopic (exact) mass is 261 g/mol. The van der Waals surface area contributed by atoms with Crippen LogP contribution in [0.15, 0.2) is 10.7 Å². The van der Waals surface area contributed by atoms with Gasteiger partial charge in [-0.05, 0) is 15.9 Å². The summed E-state index contributed by atoms with van der Waals surface area (Å²) < 4.78 is 25.1. The normalized spacial score (nSPS) is 10.2. The first-order valence-electron chi connectivity index (χ1n) is 3.65. The van der Waals surface area contributed by atoms with E-state index in [4.69, 9.17) is 11.0 Å². The van der Waals surface area contributed by atoms with Gasteiger partial charge in [0.25, 0.3) is 6.43 Å². The van der Waals surface area contributed by atoms with Gasteiger partial charge in [0.1, 0.15) is 0 Å². The number of aromatic nitrogens is 1. The Bertz CT molecular complexity index is 387. The molecule has 0 aliphatic heterocycles. The highest BCUT2D eigenvalue weighted by atomic mass is 79.9. The number of hydrogen-bond acceptors (Lipinski definition) is 3. The largest absolute Gasteiger partial charge is 0.397 e. The Kier molecular flexibility index (Phi) is 3.36. The van der Waals surface area contributed by atoms with Crippen molar-refractivity contribution in [1.29, 1.82) is 5.26 Å². The van der Waals surface area contributed by atoms with Crippen molar-refractivity contribution in [3.63, 3.8) is 0 Å². The Morgan fingerprint density at radius 1 is 1.64 bits per heavy atom. The van der Waals surface area contributed by atoms with Crippen LogP contribution >= 0.6 is 15.9 Å². The van der Waals surface area contributed by atoms with Crippen LogP contribution in [0.2, 0.25) is 0 Å². The summed E-state index contributed by atoms with van der Waals surface area (Å²) in [6.45, 7) is 0. The average molecular weight is 262 g/mol. The number of halogens is 3. The van der Waals surface area contributed by atoms with E-state index >= 15 is 0 Å². The lowest BCUT2D eigenvalue weighted by Crippen LogP contribution is -2.03. The van der Waals surface area contributed by atoms with Crippen molar-refractivity contribution in [1.82, 2.24) is 4.98 Å². The maximum absolute atomic E-state index is 12.5. The van der Waals surface area contributed by atoms with Gasteiger partial charge in [-0.1, -0.05) is 0 Å². The molecule has 1 rings (SSSR count). The molecule has 0 atom stereocenters. The molecule has 1 heterocycles. The highest BCUT2D eigenvalue weighted by Gasteiger charge is 2.18. The summed E-state index contributed by atoms with van der Waals surface area (Å²) in [5.74, 6) is 0. The minimum atomic E-state index is -2.68. The van der Waals surface area contributed by atoms with Crippen molar-refractivity contribution in [2.75, 3.05) is 5.73 Å². The molecule has 0 aromatic carbocycles. The van der Waals surface area contributed by atoms with Crippen molar-refractivity contribution >= 4 is 21.6 Å². The van der Waals surface area contributed by atoms with Gasteiger partial charge < -0.3 is 5.73 Å². The van der Waals surface area contributed by atoms with Crippen molar-refractivity contribution in [2.45, 2.75) is 12.8 Å². The zero-order valence-corrected chi connectivity index (χ0v) is 8.55. The minimum absolute atomic E-state index is 0.0706. The standard InChI is InChI=1S/C8H6BrF2N3/c9-4-3-14-5(1-2-12)7(13)6(4)8(10)11/h3,8H,1,13H2. The summed E-state index contributed by atoms with van der Waals surface area (Å²) in [5.41, 5.74) is 5.22. The summed E-state index contributed by atoms with van der Waals surface area (Å²) in [5, 5.41) is 8.40. The first kappa shape index (κ1) is 10.9. The van der Waals surface area contributed by atoms with Crippen LogP contribution < -0.4 is 5.73 Å². The first-order chi connectivity index (χ1) is 6.57. The SMILES string of the molecule is N#CCc1ncc(Br)c(C(F)F)c1N. The van der Waals surface area contributed by atoms with Crippen LogP contribution in [-0.4, -0.2) is 4.98 Å². The first-order valence-corrected chi connectivity index (χ1v) is 4.45. The van der Waals surface area contributed by atoms with E-state index in [1.165, 1.54) is 6.20 Å². The molecule has 1 aromatic rings. The fraction of sp³-hybridized carbons (Fsp3) is 0.250. The second-order valence-corrected chi connectivity index (χ2v) is 3.37. The molecule has 74 valence electrons. The van der Waals surface area contributed by atoms with E-state index in [2.05, 4.69) is 20.9 Å². The third-order valence-electron chi connectivity index (χ3n) is 1.66. The molecule has 14 heavy (non-hydrogen) atoms. The van der Waals surface area contributed by atoms with Gasteiger partial charge in [0.2, 0.25) is 0 Å². The molecule has 0 aliphatic rings. The van der Waals surface area contributed by atoms with Gasteiger partial charge in [-0.15, -0.1) is 0 Å². The minimum Gasteiger partial charge on any atom is -0.397 e. The third-order valence-corrected chi connectivity index (χ3v) is 2.29. The molecule has 3 nitrogen and oxygen atoms in total. The van der Waals surface area contributed by atoms with Crippen LogP contribution in [0.5, 0.6) is 0 Å². The summed E-state index contributed by atoms with van der Waals surface area (Å²) in [7, 11) is 0. The fourth-order valence-electron chi connectivity index (χ4n) is 0.995. The number of nitrogens with two attached hydrogens (primary N) is 1. The number of nitrogens with zero attached hydrogens (tertiary/aromatic N) is 2. The lowest BCUT2D eigenvalue weighted by Gasteiger charge is -2.09. The highest BCUT2D eigenvalue weighted by molar-refractivity contribution is 9.10. The number of nitriles is 1. The average Bonchev–Trinajstić information content (AvgIpc) is 2.10. The van der Waals surface area contributed by atoms with Crippen molar-refractivity contribution in [2.24, 2.45) is 0 Å². The van der Waals surface area contributed by atoms with Crippen molar-refractivity contribution in [3.05, 3.63) is 21.9 Å². The zero-order chi connectivity index (χ0) is 10.7. The van der Waals surface area contributed by atoms with Crippen molar-refractivity contribution in [3.8, 4) is 6.07 Å². The molecule has 0 saturated heterocycles. The lowest BCUT2D eigenvalue weighted by atomic mass is 10.1. The van der Waals surface area contributed by atoms with Crippen LogP contribution in [0.3, 0.4) is 0 Å². The molecule has 2 N–H and O–H groups in total. The molecule has 0 bridgehead atoms. The molecule has 0 fully saturated rings. The van der Waals surface area contributed by atoms with Crippen molar-refractivity contribution < 1.29 is 8.78 Å². The van der Waals surface area contributed by atoms with E-state index in [-0.39, 0.29) is 27.8 Å². The quantitative estimate of drug-likeness (QED) is 0.890. The van der Waals surface area contributed by atoms with E-state index in [1.807, 2.05) is 6.07 Å².